The van der Waals surface area contributed by atoms with Crippen molar-refractivity contribution < 1.29 is 0 Å². The molecule has 2 aromatic rings. The molecule has 0 N–H and O–H groups in total. The molecule has 0 aliphatic carbocycles. The predicted molar refractivity (Wildman–Crippen MR) is 60.1 cm³/mol. The van der Waals surface area contributed by atoms with Gasteiger partial charge in [0.2, 0.25) is 0 Å². The molecule has 2 rings (SSSR count). The van der Waals surface area contributed by atoms with Crippen LogP contribution in [0, 0.1) is 6.92 Å². The Balaban J connectivity index is 2.48. The minimum atomic E-state index is 1.22. The summed E-state index contributed by atoms with van der Waals surface area (Å²) in [6.45, 7) is 2.13. The second-order valence-electron chi connectivity index (χ2n) is 2.53. The van der Waals surface area contributed by atoms with E-state index in [2.05, 4.69) is 45.7 Å². The van der Waals surface area contributed by atoms with Gasteiger partial charge in [0.05, 0.1) is 0 Å². The van der Waals surface area contributed by atoms with E-state index in [4.69, 9.17) is 0 Å². The highest BCUT2D eigenvalue weighted by Gasteiger charge is 2.04. The lowest BCUT2D eigenvalue weighted by atomic mass is 10.3. The summed E-state index contributed by atoms with van der Waals surface area (Å²) < 4.78 is 1.22. The van der Waals surface area contributed by atoms with Crippen molar-refractivity contribution in [3.63, 3.8) is 0 Å². The molecule has 62 valence electrons. The van der Waals surface area contributed by atoms with Crippen molar-refractivity contribution in [1.29, 1.82) is 0 Å². The Morgan fingerprint density at radius 1 is 1.42 bits per heavy atom. The van der Waals surface area contributed by atoms with Gasteiger partial charge in [-0.05, 0) is 45.7 Å². The molecule has 0 saturated carbocycles. The summed E-state index contributed by atoms with van der Waals surface area (Å²) in [7, 11) is 0. The molecule has 2 aromatic heterocycles. The average Bonchev–Trinajstić information content (AvgIpc) is 2.61. The number of halogens is 1. The second-order valence-corrected chi connectivity index (χ2v) is 5.42. The smallest absolute Gasteiger partial charge is 0.0365 e. The van der Waals surface area contributed by atoms with Crippen molar-refractivity contribution in [3.05, 3.63) is 32.2 Å². The Hall–Kier alpha value is -0.120. The number of thiophene rings is 2. The first kappa shape index (κ1) is 8.48. The molecule has 0 spiro atoms. The Morgan fingerprint density at radius 3 is 2.75 bits per heavy atom. The highest BCUT2D eigenvalue weighted by Crippen LogP contribution is 2.34. The maximum Gasteiger partial charge on any atom is 0.0365 e. The third-order valence-corrected chi connectivity index (χ3v) is 4.53. The normalized spacial score (nSPS) is 10.5. The van der Waals surface area contributed by atoms with Crippen molar-refractivity contribution in [2.45, 2.75) is 6.92 Å². The molecule has 0 saturated heterocycles. The van der Waals surface area contributed by atoms with Crippen LogP contribution in [0.4, 0.5) is 0 Å². The van der Waals surface area contributed by atoms with Gasteiger partial charge in [0.1, 0.15) is 0 Å². The zero-order valence-electron chi connectivity index (χ0n) is 6.50. The van der Waals surface area contributed by atoms with Crippen molar-refractivity contribution in [1.82, 2.24) is 0 Å². The van der Waals surface area contributed by atoms with Gasteiger partial charge in [-0.2, -0.15) is 11.3 Å². The van der Waals surface area contributed by atoms with E-state index in [1.165, 1.54) is 19.8 Å². The van der Waals surface area contributed by atoms with Crippen LogP contribution in [-0.4, -0.2) is 0 Å². The summed E-state index contributed by atoms with van der Waals surface area (Å²) in [5, 5.41) is 4.29. The molecule has 0 aliphatic rings. The molecule has 0 nitrogen and oxygen atoms in total. The molecular weight excluding hydrogens is 252 g/mol. The average molecular weight is 259 g/mol. The summed E-state index contributed by atoms with van der Waals surface area (Å²) in [5.41, 5.74) is 1.33. The molecule has 0 amide bonds. The van der Waals surface area contributed by atoms with Crippen LogP contribution in [0.15, 0.2) is 27.4 Å². The number of hydrogen-bond acceptors (Lipinski definition) is 2. The van der Waals surface area contributed by atoms with Crippen molar-refractivity contribution in [2.75, 3.05) is 0 Å². The van der Waals surface area contributed by atoms with E-state index in [0.717, 1.165) is 0 Å². The third-order valence-electron chi connectivity index (χ3n) is 1.66. The lowest BCUT2D eigenvalue weighted by Gasteiger charge is -1.86. The molecule has 0 atom stereocenters. The zero-order chi connectivity index (χ0) is 8.55. The number of hydrogen-bond donors (Lipinski definition) is 0. The maximum absolute atomic E-state index is 3.52. The molecule has 0 aliphatic heterocycles. The number of rotatable bonds is 1. The van der Waals surface area contributed by atoms with Crippen LogP contribution >= 0.6 is 38.6 Å². The molecule has 0 unspecified atom stereocenters. The van der Waals surface area contributed by atoms with Gasteiger partial charge >= 0.3 is 0 Å². The van der Waals surface area contributed by atoms with Crippen LogP contribution in [0.1, 0.15) is 4.88 Å². The van der Waals surface area contributed by atoms with E-state index in [9.17, 15) is 0 Å². The minimum Gasteiger partial charge on any atom is -0.152 e. The van der Waals surface area contributed by atoms with E-state index >= 15 is 0 Å². The zero-order valence-corrected chi connectivity index (χ0v) is 9.72. The Labute approximate surface area is 88.0 Å². The highest BCUT2D eigenvalue weighted by molar-refractivity contribution is 9.10. The Morgan fingerprint density at radius 2 is 2.25 bits per heavy atom. The van der Waals surface area contributed by atoms with Gasteiger partial charge in [0, 0.05) is 19.8 Å². The van der Waals surface area contributed by atoms with E-state index in [1.807, 2.05) is 11.3 Å². The SMILES string of the molecule is Cc1sc(-c2ccsc2)cc1Br. The molecule has 0 radical (unpaired) electrons. The van der Waals surface area contributed by atoms with Gasteiger partial charge in [-0.1, -0.05) is 0 Å². The summed E-state index contributed by atoms with van der Waals surface area (Å²) in [5.74, 6) is 0. The van der Waals surface area contributed by atoms with Gasteiger partial charge in [0.25, 0.3) is 0 Å². The molecule has 12 heavy (non-hydrogen) atoms. The summed E-state index contributed by atoms with van der Waals surface area (Å²) >= 11 is 7.09. The standard InChI is InChI=1S/C9H7BrS2/c1-6-8(10)4-9(12-6)7-2-3-11-5-7/h2-5H,1H3. The van der Waals surface area contributed by atoms with Gasteiger partial charge in [-0.15, -0.1) is 11.3 Å². The quantitative estimate of drug-likeness (QED) is 0.704. The topological polar surface area (TPSA) is 0 Å². The summed E-state index contributed by atoms with van der Waals surface area (Å²) in [6.07, 6.45) is 0. The molecule has 3 heteroatoms. The van der Waals surface area contributed by atoms with E-state index in [-0.39, 0.29) is 0 Å². The first-order chi connectivity index (χ1) is 5.77. The van der Waals surface area contributed by atoms with Crippen LogP contribution in [0.5, 0.6) is 0 Å². The van der Waals surface area contributed by atoms with E-state index in [0.29, 0.717) is 0 Å². The first-order valence-corrected chi connectivity index (χ1v) is 6.11. The largest absolute Gasteiger partial charge is 0.152 e. The fourth-order valence-corrected chi connectivity index (χ4v) is 3.27. The van der Waals surface area contributed by atoms with Crippen molar-refractivity contribution in [3.8, 4) is 10.4 Å². The Kier molecular flexibility index (Phi) is 2.35. The van der Waals surface area contributed by atoms with Crippen LogP contribution in [0.3, 0.4) is 0 Å². The lowest BCUT2D eigenvalue weighted by Crippen LogP contribution is -1.59. The van der Waals surface area contributed by atoms with Gasteiger partial charge in [0.15, 0.2) is 0 Å². The molecule has 0 aromatic carbocycles. The fraction of sp³-hybridized carbons (Fsp3) is 0.111. The van der Waals surface area contributed by atoms with Gasteiger partial charge in [-0.25, -0.2) is 0 Å². The Bertz CT molecular complexity index is 354. The third kappa shape index (κ3) is 1.49. The minimum absolute atomic E-state index is 1.22. The first-order valence-electron chi connectivity index (χ1n) is 3.56. The monoisotopic (exact) mass is 258 g/mol. The fourth-order valence-electron chi connectivity index (χ4n) is 1.01. The molecule has 0 bridgehead atoms. The van der Waals surface area contributed by atoms with Gasteiger partial charge in [-0.3, -0.25) is 0 Å². The molecule has 2 heterocycles. The molecular formula is C9H7BrS2. The number of aryl methyl sites for hydroxylation is 1. The van der Waals surface area contributed by atoms with E-state index in [1.54, 1.807) is 11.3 Å². The summed E-state index contributed by atoms with van der Waals surface area (Å²) in [6, 6.07) is 4.34. The van der Waals surface area contributed by atoms with Crippen LogP contribution in [0.25, 0.3) is 10.4 Å². The molecule has 0 fully saturated rings. The highest BCUT2D eigenvalue weighted by atomic mass is 79.9. The van der Waals surface area contributed by atoms with Crippen molar-refractivity contribution in [2.24, 2.45) is 0 Å². The second kappa shape index (κ2) is 3.32. The maximum atomic E-state index is 3.52. The summed E-state index contributed by atoms with van der Waals surface area (Å²) in [4.78, 5) is 2.69. The van der Waals surface area contributed by atoms with Crippen molar-refractivity contribution >= 4 is 38.6 Å². The predicted octanol–water partition coefficient (Wildman–Crippen LogP) is 4.55. The van der Waals surface area contributed by atoms with E-state index < -0.39 is 0 Å². The van der Waals surface area contributed by atoms with Gasteiger partial charge < -0.3 is 0 Å². The van der Waals surface area contributed by atoms with Crippen LogP contribution < -0.4 is 0 Å². The van der Waals surface area contributed by atoms with Crippen LogP contribution in [-0.2, 0) is 0 Å². The lowest BCUT2D eigenvalue weighted by molar-refractivity contribution is 1.59. The van der Waals surface area contributed by atoms with Crippen LogP contribution in [0.2, 0.25) is 0 Å².